The van der Waals surface area contributed by atoms with Gasteiger partial charge in [-0.25, -0.2) is 0 Å². The van der Waals surface area contributed by atoms with Gasteiger partial charge in [-0.2, -0.15) is 0 Å². The number of esters is 1. The van der Waals surface area contributed by atoms with E-state index in [1.54, 1.807) is 0 Å². The molecular weight excluding hydrogens is 343 g/mol. The summed E-state index contributed by atoms with van der Waals surface area (Å²) >= 11 is 2.19. The van der Waals surface area contributed by atoms with E-state index in [-0.39, 0.29) is 12.3 Å². The van der Waals surface area contributed by atoms with Crippen molar-refractivity contribution in [2.75, 3.05) is 6.61 Å². The summed E-state index contributed by atoms with van der Waals surface area (Å²) in [6, 6.07) is 0. The Hall–Kier alpha value is 0.160. The van der Waals surface area contributed by atoms with Crippen molar-refractivity contribution in [1.82, 2.24) is 0 Å². The van der Waals surface area contributed by atoms with Crippen molar-refractivity contribution in [2.24, 2.45) is 23.7 Å². The largest absolute Gasteiger partial charge is 0.434 e. The second-order valence-corrected chi connectivity index (χ2v) is 8.61. The van der Waals surface area contributed by atoms with Crippen LogP contribution in [-0.4, -0.2) is 22.3 Å². The molecule has 6 unspecified atom stereocenters. The molecule has 2 saturated carbocycles. The Balaban J connectivity index is 1.66. The summed E-state index contributed by atoms with van der Waals surface area (Å²) < 4.78 is 11.0. The molecule has 0 radical (unpaired) electrons. The van der Waals surface area contributed by atoms with Gasteiger partial charge in [0.1, 0.15) is 3.42 Å². The van der Waals surface area contributed by atoms with Crippen LogP contribution in [-0.2, 0) is 14.3 Å². The summed E-state index contributed by atoms with van der Waals surface area (Å²) in [5.74, 6) is 2.60. The lowest BCUT2D eigenvalue weighted by Gasteiger charge is -2.28. The summed E-state index contributed by atoms with van der Waals surface area (Å²) in [4.78, 5) is 12.1. The molecule has 0 aromatic rings. The molecule has 1 saturated heterocycles. The minimum absolute atomic E-state index is 0.112. The standard InChI is InChI=1S/C14H21IO3/c1-3-14(2,15)13(16)18-12-11-9-5-4-8(6-9)10(11)7-17-12/h8-12H,3-7H2,1-2H3. The predicted octanol–water partition coefficient (Wildman–Crippen LogP) is 3.15. The van der Waals surface area contributed by atoms with Crippen LogP contribution in [0.15, 0.2) is 0 Å². The molecule has 3 nitrogen and oxygen atoms in total. The van der Waals surface area contributed by atoms with E-state index < -0.39 is 3.42 Å². The number of ether oxygens (including phenoxy) is 2. The summed E-state index contributed by atoms with van der Waals surface area (Å²) in [7, 11) is 0. The fourth-order valence-corrected chi connectivity index (χ4v) is 4.06. The van der Waals surface area contributed by atoms with Gasteiger partial charge >= 0.3 is 5.97 Å². The van der Waals surface area contributed by atoms with E-state index in [1.165, 1.54) is 19.3 Å². The third kappa shape index (κ3) is 1.99. The highest BCUT2D eigenvalue weighted by atomic mass is 127. The Morgan fingerprint density at radius 2 is 2.17 bits per heavy atom. The van der Waals surface area contributed by atoms with Crippen molar-refractivity contribution in [2.45, 2.75) is 49.2 Å². The Morgan fingerprint density at radius 3 is 2.89 bits per heavy atom. The third-order valence-electron chi connectivity index (χ3n) is 5.24. The van der Waals surface area contributed by atoms with E-state index in [0.29, 0.717) is 11.8 Å². The molecule has 4 heteroatoms. The summed E-state index contributed by atoms with van der Waals surface area (Å²) in [5.41, 5.74) is 0. The first kappa shape index (κ1) is 13.2. The molecule has 2 aliphatic carbocycles. The SMILES string of the molecule is CCC(C)(I)C(=O)OC1OCC2C3CCC(C3)C12. The predicted molar refractivity (Wildman–Crippen MR) is 76.4 cm³/mol. The Bertz CT molecular complexity index is 355. The Morgan fingerprint density at radius 1 is 1.44 bits per heavy atom. The van der Waals surface area contributed by atoms with Gasteiger partial charge in [0.15, 0.2) is 0 Å². The molecule has 0 spiro atoms. The first-order chi connectivity index (χ1) is 8.53. The van der Waals surface area contributed by atoms with E-state index in [4.69, 9.17) is 9.47 Å². The molecule has 0 aromatic heterocycles. The van der Waals surface area contributed by atoms with Crippen molar-refractivity contribution in [3.63, 3.8) is 0 Å². The summed E-state index contributed by atoms with van der Waals surface area (Å²) in [5, 5.41) is 0. The van der Waals surface area contributed by atoms with Gasteiger partial charge in [-0.05, 0) is 50.4 Å². The van der Waals surface area contributed by atoms with Gasteiger partial charge in [0.25, 0.3) is 0 Å². The van der Waals surface area contributed by atoms with Crippen LogP contribution in [0.25, 0.3) is 0 Å². The molecule has 6 atom stereocenters. The van der Waals surface area contributed by atoms with Crippen molar-refractivity contribution < 1.29 is 14.3 Å². The van der Waals surface area contributed by atoms with E-state index in [9.17, 15) is 4.79 Å². The topological polar surface area (TPSA) is 35.5 Å². The van der Waals surface area contributed by atoms with Gasteiger partial charge in [0.05, 0.1) is 6.61 Å². The van der Waals surface area contributed by atoms with Gasteiger partial charge in [0.2, 0.25) is 6.29 Å². The summed E-state index contributed by atoms with van der Waals surface area (Å²) in [6.45, 7) is 4.75. The van der Waals surface area contributed by atoms with Crippen molar-refractivity contribution >= 4 is 28.6 Å². The summed E-state index contributed by atoms with van der Waals surface area (Å²) in [6.07, 6.45) is 4.52. The van der Waals surface area contributed by atoms with Crippen LogP contribution in [0.4, 0.5) is 0 Å². The minimum atomic E-state index is -0.420. The number of hydrogen-bond donors (Lipinski definition) is 0. The smallest absolute Gasteiger partial charge is 0.324 e. The zero-order chi connectivity index (χ0) is 12.9. The fourth-order valence-electron chi connectivity index (χ4n) is 3.93. The molecule has 0 aromatic carbocycles. The molecule has 3 aliphatic rings. The van der Waals surface area contributed by atoms with E-state index in [0.717, 1.165) is 24.9 Å². The third-order valence-corrected chi connectivity index (χ3v) is 6.44. The number of carbonyl (C=O) groups is 1. The average Bonchev–Trinajstić information content (AvgIpc) is 3.01. The number of carbonyl (C=O) groups excluding carboxylic acids is 1. The second kappa shape index (κ2) is 4.62. The lowest BCUT2D eigenvalue weighted by atomic mass is 9.81. The van der Waals surface area contributed by atoms with Gasteiger partial charge in [-0.15, -0.1) is 0 Å². The zero-order valence-corrected chi connectivity index (χ0v) is 13.2. The molecule has 2 bridgehead atoms. The van der Waals surface area contributed by atoms with E-state index >= 15 is 0 Å². The highest BCUT2D eigenvalue weighted by Gasteiger charge is 2.56. The van der Waals surface area contributed by atoms with Gasteiger partial charge in [0, 0.05) is 5.92 Å². The molecule has 18 heavy (non-hydrogen) atoms. The highest BCUT2D eigenvalue weighted by Crippen LogP contribution is 2.56. The van der Waals surface area contributed by atoms with E-state index in [1.807, 2.05) is 13.8 Å². The van der Waals surface area contributed by atoms with Crippen molar-refractivity contribution in [3.05, 3.63) is 0 Å². The maximum atomic E-state index is 12.1. The van der Waals surface area contributed by atoms with Crippen LogP contribution < -0.4 is 0 Å². The van der Waals surface area contributed by atoms with Crippen LogP contribution in [0.1, 0.15) is 39.5 Å². The van der Waals surface area contributed by atoms with Gasteiger partial charge in [-0.3, -0.25) is 4.79 Å². The lowest BCUT2D eigenvalue weighted by molar-refractivity contribution is -0.180. The van der Waals surface area contributed by atoms with Crippen LogP contribution in [0.3, 0.4) is 0 Å². The zero-order valence-electron chi connectivity index (χ0n) is 11.0. The van der Waals surface area contributed by atoms with Crippen LogP contribution in [0.5, 0.6) is 0 Å². The molecule has 3 fully saturated rings. The first-order valence-corrected chi connectivity index (χ1v) is 8.12. The maximum absolute atomic E-state index is 12.1. The number of halogens is 1. The number of fused-ring (bicyclic) bond motifs is 5. The van der Waals surface area contributed by atoms with Crippen LogP contribution in [0.2, 0.25) is 0 Å². The molecule has 0 N–H and O–H groups in total. The molecule has 0 amide bonds. The van der Waals surface area contributed by atoms with E-state index in [2.05, 4.69) is 22.6 Å². The molecule has 102 valence electrons. The monoisotopic (exact) mass is 364 g/mol. The number of rotatable bonds is 3. The number of alkyl halides is 1. The van der Waals surface area contributed by atoms with Crippen LogP contribution >= 0.6 is 22.6 Å². The van der Waals surface area contributed by atoms with Gasteiger partial charge < -0.3 is 9.47 Å². The second-order valence-electron chi connectivity index (χ2n) is 6.23. The fraction of sp³-hybridized carbons (Fsp3) is 0.929. The molecule has 1 heterocycles. The molecule has 1 aliphatic heterocycles. The van der Waals surface area contributed by atoms with Gasteiger partial charge in [-0.1, -0.05) is 29.5 Å². The number of hydrogen-bond acceptors (Lipinski definition) is 3. The minimum Gasteiger partial charge on any atom is -0.434 e. The normalized spacial score (nSPS) is 44.7. The maximum Gasteiger partial charge on any atom is 0.324 e. The Labute approximate surface area is 122 Å². The first-order valence-electron chi connectivity index (χ1n) is 7.04. The van der Waals surface area contributed by atoms with Crippen molar-refractivity contribution in [1.29, 1.82) is 0 Å². The average molecular weight is 364 g/mol. The molecular formula is C14H21IO3. The lowest BCUT2D eigenvalue weighted by Crippen LogP contribution is -2.37. The Kier molecular flexibility index (Phi) is 3.37. The van der Waals surface area contributed by atoms with Crippen LogP contribution in [0, 0.1) is 23.7 Å². The molecule has 3 rings (SSSR count). The van der Waals surface area contributed by atoms with Crippen molar-refractivity contribution in [3.8, 4) is 0 Å². The highest BCUT2D eigenvalue weighted by molar-refractivity contribution is 14.1. The quantitative estimate of drug-likeness (QED) is 0.439.